The minimum Gasteiger partial charge on any atom is -0.364 e. The SMILES string of the molecule is CCNC(=O)Nc1cc(CN2CCN(c3c(F)cc(C#N)cc3F)CC2)n(C)n1. The fourth-order valence-corrected chi connectivity index (χ4v) is 3.33. The molecule has 1 aromatic carbocycles. The smallest absolute Gasteiger partial charge is 0.320 e. The van der Waals surface area contributed by atoms with Crippen LogP contribution in [0, 0.1) is 23.0 Å². The van der Waals surface area contributed by atoms with Crippen LogP contribution in [0.15, 0.2) is 18.2 Å². The highest BCUT2D eigenvalue weighted by Gasteiger charge is 2.24. The van der Waals surface area contributed by atoms with Gasteiger partial charge in [-0.15, -0.1) is 0 Å². The fraction of sp³-hybridized carbons (Fsp3) is 0.421. The van der Waals surface area contributed by atoms with E-state index < -0.39 is 11.6 Å². The van der Waals surface area contributed by atoms with Crippen molar-refractivity contribution < 1.29 is 13.6 Å². The number of hydrogen-bond acceptors (Lipinski definition) is 5. The van der Waals surface area contributed by atoms with Crippen molar-refractivity contribution in [1.82, 2.24) is 20.0 Å². The van der Waals surface area contributed by atoms with E-state index in [9.17, 15) is 13.6 Å². The Bertz CT molecular complexity index is 906. The molecule has 1 fully saturated rings. The number of nitrogens with one attached hydrogen (secondary N) is 2. The molecule has 0 unspecified atom stereocenters. The molecule has 154 valence electrons. The summed E-state index contributed by atoms with van der Waals surface area (Å²) in [4.78, 5) is 15.4. The number of benzene rings is 1. The van der Waals surface area contributed by atoms with Crippen molar-refractivity contribution in [2.45, 2.75) is 13.5 Å². The molecule has 29 heavy (non-hydrogen) atoms. The molecule has 0 saturated carbocycles. The monoisotopic (exact) mass is 403 g/mol. The molecule has 1 aromatic heterocycles. The number of urea groups is 1. The van der Waals surface area contributed by atoms with E-state index in [1.54, 1.807) is 22.7 Å². The summed E-state index contributed by atoms with van der Waals surface area (Å²) in [6.07, 6.45) is 0. The number of aryl methyl sites for hydroxylation is 1. The Labute approximate surface area is 167 Å². The number of piperazine rings is 1. The van der Waals surface area contributed by atoms with Crippen LogP contribution in [-0.2, 0) is 13.6 Å². The van der Waals surface area contributed by atoms with Crippen LogP contribution in [0.25, 0.3) is 0 Å². The first-order valence-electron chi connectivity index (χ1n) is 9.35. The lowest BCUT2D eigenvalue weighted by atomic mass is 10.1. The lowest BCUT2D eigenvalue weighted by Crippen LogP contribution is -2.46. The molecule has 0 aliphatic carbocycles. The molecule has 3 rings (SSSR count). The number of carbonyl (C=O) groups excluding carboxylic acids is 1. The third-order valence-corrected chi connectivity index (χ3v) is 4.78. The average Bonchev–Trinajstić information content (AvgIpc) is 3.01. The van der Waals surface area contributed by atoms with Gasteiger partial charge in [0.15, 0.2) is 17.5 Å². The number of amides is 2. The van der Waals surface area contributed by atoms with E-state index in [1.165, 1.54) is 0 Å². The molecule has 0 radical (unpaired) electrons. The van der Waals surface area contributed by atoms with Gasteiger partial charge in [0.05, 0.1) is 17.3 Å². The Balaban J connectivity index is 1.60. The number of nitriles is 1. The summed E-state index contributed by atoms with van der Waals surface area (Å²) < 4.78 is 30.2. The van der Waals surface area contributed by atoms with Crippen molar-refractivity contribution in [3.8, 4) is 6.07 Å². The van der Waals surface area contributed by atoms with Crippen LogP contribution in [-0.4, -0.2) is 53.4 Å². The van der Waals surface area contributed by atoms with Crippen molar-refractivity contribution in [3.63, 3.8) is 0 Å². The van der Waals surface area contributed by atoms with Crippen molar-refractivity contribution in [1.29, 1.82) is 5.26 Å². The predicted octanol–water partition coefficient (Wildman–Crippen LogP) is 2.03. The first kappa shape index (κ1) is 20.5. The molecule has 1 aliphatic rings. The van der Waals surface area contributed by atoms with Gasteiger partial charge in [0.2, 0.25) is 0 Å². The van der Waals surface area contributed by atoms with Gasteiger partial charge < -0.3 is 10.2 Å². The van der Waals surface area contributed by atoms with Gasteiger partial charge in [0.25, 0.3) is 0 Å². The van der Waals surface area contributed by atoms with Crippen molar-refractivity contribution >= 4 is 17.5 Å². The van der Waals surface area contributed by atoms with E-state index in [4.69, 9.17) is 5.26 Å². The Morgan fingerprint density at radius 3 is 2.45 bits per heavy atom. The largest absolute Gasteiger partial charge is 0.364 e. The van der Waals surface area contributed by atoms with E-state index in [2.05, 4.69) is 20.6 Å². The maximum absolute atomic E-state index is 14.2. The number of nitrogens with zero attached hydrogens (tertiary/aromatic N) is 5. The third kappa shape index (κ3) is 4.81. The molecule has 0 bridgehead atoms. The summed E-state index contributed by atoms with van der Waals surface area (Å²) in [6, 6.07) is 5.37. The number of aromatic nitrogens is 2. The molecular weight excluding hydrogens is 380 g/mol. The van der Waals surface area contributed by atoms with Gasteiger partial charge >= 0.3 is 6.03 Å². The molecular formula is C19H23F2N7O. The van der Waals surface area contributed by atoms with Gasteiger partial charge in [-0.25, -0.2) is 13.6 Å². The minimum atomic E-state index is -0.720. The number of rotatable bonds is 5. The molecule has 0 spiro atoms. The van der Waals surface area contributed by atoms with E-state index in [0.29, 0.717) is 45.1 Å². The quantitative estimate of drug-likeness (QED) is 0.798. The normalized spacial score (nSPS) is 14.5. The van der Waals surface area contributed by atoms with Crippen LogP contribution in [0.4, 0.5) is 25.1 Å². The molecule has 1 saturated heterocycles. The second-order valence-corrected chi connectivity index (χ2v) is 6.79. The van der Waals surface area contributed by atoms with E-state index >= 15 is 0 Å². The molecule has 2 aromatic rings. The Morgan fingerprint density at radius 2 is 1.86 bits per heavy atom. The Morgan fingerprint density at radius 1 is 1.21 bits per heavy atom. The molecule has 8 nitrogen and oxygen atoms in total. The molecule has 2 N–H and O–H groups in total. The first-order chi connectivity index (χ1) is 13.9. The fourth-order valence-electron chi connectivity index (χ4n) is 3.33. The topological polar surface area (TPSA) is 89.2 Å². The standard InChI is InChI=1S/C19H23F2N7O/c1-3-23-19(29)24-17-10-14(26(2)25-17)12-27-4-6-28(7-5-27)18-15(20)8-13(11-22)9-16(18)21/h8-10H,3-7,12H2,1-2H3,(H2,23,24,25,29). The number of hydrogen-bond donors (Lipinski definition) is 2. The van der Waals surface area contributed by atoms with Gasteiger partial charge in [-0.1, -0.05) is 0 Å². The molecule has 2 heterocycles. The number of anilines is 2. The van der Waals surface area contributed by atoms with Gasteiger partial charge in [-0.3, -0.25) is 14.9 Å². The van der Waals surface area contributed by atoms with Gasteiger partial charge in [-0.2, -0.15) is 10.4 Å². The lowest BCUT2D eigenvalue weighted by molar-refractivity contribution is 0.242. The molecule has 0 atom stereocenters. The van der Waals surface area contributed by atoms with Crippen LogP contribution in [0.5, 0.6) is 0 Å². The summed E-state index contributed by atoms with van der Waals surface area (Å²) in [5, 5.41) is 18.4. The van der Waals surface area contributed by atoms with Crippen molar-refractivity contribution in [2.24, 2.45) is 7.05 Å². The van der Waals surface area contributed by atoms with E-state index in [0.717, 1.165) is 17.8 Å². The zero-order valence-corrected chi connectivity index (χ0v) is 16.4. The summed E-state index contributed by atoms with van der Waals surface area (Å²) in [6.45, 7) is 5.11. The number of carbonyl (C=O) groups is 1. The van der Waals surface area contributed by atoms with Gasteiger partial charge in [0, 0.05) is 52.4 Å². The lowest BCUT2D eigenvalue weighted by Gasteiger charge is -2.36. The molecule has 10 heteroatoms. The first-order valence-corrected chi connectivity index (χ1v) is 9.35. The van der Waals surface area contributed by atoms with Crippen molar-refractivity contribution in [2.75, 3.05) is 42.9 Å². The van der Waals surface area contributed by atoms with E-state index in [1.807, 2.05) is 13.0 Å². The summed E-state index contributed by atoms with van der Waals surface area (Å²) in [7, 11) is 1.80. The van der Waals surface area contributed by atoms with Gasteiger partial charge in [0.1, 0.15) is 5.69 Å². The highest BCUT2D eigenvalue weighted by Crippen LogP contribution is 2.26. The summed E-state index contributed by atoms with van der Waals surface area (Å²) >= 11 is 0. The molecule has 2 amide bonds. The minimum absolute atomic E-state index is 0.0318. The summed E-state index contributed by atoms with van der Waals surface area (Å²) in [5.74, 6) is -0.973. The van der Waals surface area contributed by atoms with Gasteiger partial charge in [-0.05, 0) is 19.1 Å². The Hall–Kier alpha value is -3.19. The zero-order valence-electron chi connectivity index (χ0n) is 16.4. The predicted molar refractivity (Wildman–Crippen MR) is 104 cm³/mol. The van der Waals surface area contributed by atoms with Crippen LogP contribution in [0.2, 0.25) is 0 Å². The third-order valence-electron chi connectivity index (χ3n) is 4.78. The van der Waals surface area contributed by atoms with Crippen LogP contribution in [0.3, 0.4) is 0 Å². The zero-order chi connectivity index (χ0) is 21.0. The van der Waals surface area contributed by atoms with Crippen LogP contribution < -0.4 is 15.5 Å². The molecule has 1 aliphatic heterocycles. The van der Waals surface area contributed by atoms with Crippen LogP contribution >= 0.6 is 0 Å². The highest BCUT2D eigenvalue weighted by molar-refractivity contribution is 5.88. The maximum atomic E-state index is 14.2. The average molecular weight is 403 g/mol. The van der Waals surface area contributed by atoms with E-state index in [-0.39, 0.29) is 17.3 Å². The number of halogens is 2. The van der Waals surface area contributed by atoms with Crippen molar-refractivity contribution in [3.05, 3.63) is 41.1 Å². The second kappa shape index (κ2) is 8.87. The summed E-state index contributed by atoms with van der Waals surface area (Å²) in [5.41, 5.74) is 0.800. The van der Waals surface area contributed by atoms with Crippen LogP contribution in [0.1, 0.15) is 18.2 Å². The second-order valence-electron chi connectivity index (χ2n) is 6.79. The highest BCUT2D eigenvalue weighted by atomic mass is 19.1. The Kier molecular flexibility index (Phi) is 6.29. The maximum Gasteiger partial charge on any atom is 0.320 e.